The van der Waals surface area contributed by atoms with Crippen LogP contribution < -0.4 is 4.90 Å². The van der Waals surface area contributed by atoms with Crippen molar-refractivity contribution in [2.24, 2.45) is 0 Å². The highest BCUT2D eigenvalue weighted by molar-refractivity contribution is 7.25. The van der Waals surface area contributed by atoms with Crippen molar-refractivity contribution in [2.75, 3.05) is 4.90 Å². The lowest BCUT2D eigenvalue weighted by Crippen LogP contribution is -2.09. The van der Waals surface area contributed by atoms with E-state index in [0.29, 0.717) is 0 Å². The first kappa shape index (κ1) is 26.0. The molecule has 4 heteroatoms. The van der Waals surface area contributed by atoms with E-state index in [9.17, 15) is 0 Å². The number of benzene rings is 8. The summed E-state index contributed by atoms with van der Waals surface area (Å²) < 4.78 is 15.2. The first-order valence-corrected chi connectivity index (χ1v) is 17.0. The summed E-state index contributed by atoms with van der Waals surface area (Å²) in [4.78, 5) is 2.35. The molecule has 0 bridgehead atoms. The molecule has 0 spiro atoms. The van der Waals surface area contributed by atoms with Gasteiger partial charge >= 0.3 is 0 Å². The van der Waals surface area contributed by atoms with Crippen molar-refractivity contribution < 1.29 is 8.83 Å². The van der Waals surface area contributed by atoms with Crippen molar-refractivity contribution in [1.29, 1.82) is 0 Å². The molecule has 3 heterocycles. The molecule has 8 aromatic carbocycles. The summed E-state index contributed by atoms with van der Waals surface area (Å²) in [5.74, 6) is 0. The minimum atomic E-state index is 0.878. The lowest BCUT2D eigenvalue weighted by Gasteiger charge is -2.26. The summed E-state index contributed by atoms with van der Waals surface area (Å²) in [6, 6.07) is 54.3. The molecule has 0 saturated carbocycles. The standard InChI is InChI=1S/C44H25NO2S/c1-4-10-39-32(7-1)34-19-16-29(23-41(34)46-39)45(30-17-20-36-35-9-3-6-12-43(35)48-44(36)24-30)28-15-18-31-26(21-28)13-14-27-22-38-33-8-2-5-11-40(33)47-42(38)25-37(27)31/h1-25H. The molecule has 0 atom stereocenters. The molecule has 0 aliphatic rings. The molecule has 0 amide bonds. The molecule has 48 heavy (non-hydrogen) atoms. The number of nitrogens with zero attached hydrogens (tertiary/aromatic N) is 1. The average Bonchev–Trinajstić information content (AvgIpc) is 3.81. The van der Waals surface area contributed by atoms with Crippen molar-refractivity contribution in [3.8, 4) is 0 Å². The number of thiophene rings is 1. The van der Waals surface area contributed by atoms with Crippen LogP contribution in [0.2, 0.25) is 0 Å². The molecule has 224 valence electrons. The molecule has 0 unspecified atom stereocenters. The van der Waals surface area contributed by atoms with Crippen LogP contribution in [0, 0.1) is 0 Å². The number of furan rings is 2. The Hall–Kier alpha value is -6.10. The SMILES string of the molecule is c1ccc2c(c1)oc1cc(N(c3ccc4c(ccc5cc6c(cc54)oc4ccccc46)c3)c3ccc4c(c3)sc3ccccc34)ccc12. The fraction of sp³-hybridized carbons (Fsp3) is 0. The lowest BCUT2D eigenvalue weighted by molar-refractivity contribution is 0.669. The zero-order chi connectivity index (χ0) is 31.3. The number of hydrogen-bond acceptors (Lipinski definition) is 4. The van der Waals surface area contributed by atoms with Gasteiger partial charge < -0.3 is 13.7 Å². The van der Waals surface area contributed by atoms with Crippen LogP contribution in [0.4, 0.5) is 17.1 Å². The molecule has 0 aliphatic carbocycles. The van der Waals surface area contributed by atoms with Gasteiger partial charge in [0, 0.05) is 64.8 Å². The number of rotatable bonds is 3. The number of para-hydroxylation sites is 2. The molecule has 3 nitrogen and oxygen atoms in total. The Bertz CT molecular complexity index is 2970. The Morgan fingerprint density at radius 1 is 0.333 bits per heavy atom. The summed E-state index contributed by atoms with van der Waals surface area (Å²) in [6.07, 6.45) is 0. The zero-order valence-corrected chi connectivity index (χ0v) is 26.4. The van der Waals surface area contributed by atoms with Crippen LogP contribution in [-0.2, 0) is 0 Å². The number of hydrogen-bond donors (Lipinski definition) is 0. The van der Waals surface area contributed by atoms with Gasteiger partial charge in [-0.05, 0) is 88.3 Å². The van der Waals surface area contributed by atoms with Crippen LogP contribution in [0.25, 0.3) is 85.6 Å². The van der Waals surface area contributed by atoms with Crippen molar-refractivity contribution in [1.82, 2.24) is 0 Å². The molecule has 11 aromatic rings. The first-order valence-electron chi connectivity index (χ1n) is 16.2. The molecule has 0 radical (unpaired) electrons. The van der Waals surface area contributed by atoms with E-state index in [1.54, 1.807) is 0 Å². The molecular weight excluding hydrogens is 607 g/mol. The summed E-state index contributed by atoms with van der Waals surface area (Å²) in [5, 5.41) is 11.9. The highest BCUT2D eigenvalue weighted by atomic mass is 32.1. The fourth-order valence-electron chi connectivity index (χ4n) is 7.57. The second kappa shape index (κ2) is 9.71. The quantitative estimate of drug-likeness (QED) is 0.182. The van der Waals surface area contributed by atoms with Crippen molar-refractivity contribution in [2.45, 2.75) is 0 Å². The van der Waals surface area contributed by atoms with E-state index < -0.39 is 0 Å². The van der Waals surface area contributed by atoms with E-state index in [0.717, 1.165) is 60.9 Å². The van der Waals surface area contributed by atoms with E-state index in [1.807, 2.05) is 35.6 Å². The second-order valence-electron chi connectivity index (χ2n) is 12.5. The van der Waals surface area contributed by atoms with Gasteiger partial charge in [0.15, 0.2) is 0 Å². The maximum absolute atomic E-state index is 6.37. The average molecular weight is 632 g/mol. The minimum Gasteiger partial charge on any atom is -0.456 e. The highest BCUT2D eigenvalue weighted by Gasteiger charge is 2.18. The Morgan fingerprint density at radius 3 is 1.67 bits per heavy atom. The van der Waals surface area contributed by atoms with E-state index >= 15 is 0 Å². The summed E-state index contributed by atoms with van der Waals surface area (Å²) in [7, 11) is 0. The zero-order valence-electron chi connectivity index (χ0n) is 25.6. The van der Waals surface area contributed by atoms with Crippen molar-refractivity contribution in [3.05, 3.63) is 152 Å². The van der Waals surface area contributed by atoms with Gasteiger partial charge in [0.2, 0.25) is 0 Å². The van der Waals surface area contributed by atoms with E-state index in [2.05, 4.69) is 132 Å². The molecule has 3 aromatic heterocycles. The normalized spacial score (nSPS) is 12.2. The third-order valence-corrected chi connectivity index (χ3v) is 10.9. The Labute approximate surface area is 278 Å². The first-order chi connectivity index (χ1) is 23.7. The third-order valence-electron chi connectivity index (χ3n) is 9.82. The third kappa shape index (κ3) is 3.75. The van der Waals surface area contributed by atoms with Gasteiger partial charge in [0.1, 0.15) is 22.3 Å². The van der Waals surface area contributed by atoms with E-state index in [4.69, 9.17) is 8.83 Å². The fourth-order valence-corrected chi connectivity index (χ4v) is 8.70. The van der Waals surface area contributed by atoms with Gasteiger partial charge in [0.25, 0.3) is 0 Å². The smallest absolute Gasteiger partial charge is 0.137 e. The minimum absolute atomic E-state index is 0.878. The van der Waals surface area contributed by atoms with Crippen LogP contribution in [0.3, 0.4) is 0 Å². The molecule has 0 N–H and O–H groups in total. The van der Waals surface area contributed by atoms with Crippen LogP contribution in [0.1, 0.15) is 0 Å². The van der Waals surface area contributed by atoms with Crippen molar-refractivity contribution >= 4 is 114 Å². The largest absolute Gasteiger partial charge is 0.456 e. The molecule has 11 rings (SSSR count). The van der Waals surface area contributed by atoms with Crippen LogP contribution in [0.5, 0.6) is 0 Å². The van der Waals surface area contributed by atoms with Gasteiger partial charge in [0.05, 0.1) is 0 Å². The second-order valence-corrected chi connectivity index (χ2v) is 13.6. The molecule has 0 aliphatic heterocycles. The van der Waals surface area contributed by atoms with Gasteiger partial charge in [-0.25, -0.2) is 0 Å². The topological polar surface area (TPSA) is 29.5 Å². The van der Waals surface area contributed by atoms with Gasteiger partial charge in [-0.3, -0.25) is 0 Å². The van der Waals surface area contributed by atoms with Crippen LogP contribution >= 0.6 is 11.3 Å². The van der Waals surface area contributed by atoms with Crippen LogP contribution in [-0.4, -0.2) is 0 Å². The maximum Gasteiger partial charge on any atom is 0.137 e. The molecule has 0 fully saturated rings. The molecular formula is C44H25NO2S. The Balaban J connectivity index is 1.12. The molecule has 0 saturated heterocycles. The number of anilines is 3. The van der Waals surface area contributed by atoms with Crippen molar-refractivity contribution in [3.63, 3.8) is 0 Å². The van der Waals surface area contributed by atoms with Gasteiger partial charge in [-0.15, -0.1) is 11.3 Å². The van der Waals surface area contributed by atoms with E-state index in [1.165, 1.54) is 41.7 Å². The van der Waals surface area contributed by atoms with Crippen LogP contribution in [0.15, 0.2) is 160 Å². The predicted octanol–water partition coefficient (Wildman–Crippen LogP) is 13.6. The Morgan fingerprint density at radius 2 is 0.875 bits per heavy atom. The number of fused-ring (bicyclic) bond motifs is 12. The highest BCUT2D eigenvalue weighted by Crippen LogP contribution is 2.43. The van der Waals surface area contributed by atoms with Gasteiger partial charge in [-0.1, -0.05) is 78.9 Å². The van der Waals surface area contributed by atoms with E-state index in [-0.39, 0.29) is 0 Å². The Kier molecular flexibility index (Phi) is 5.26. The monoisotopic (exact) mass is 631 g/mol. The summed E-state index contributed by atoms with van der Waals surface area (Å²) in [6.45, 7) is 0. The summed E-state index contributed by atoms with van der Waals surface area (Å²) >= 11 is 1.84. The summed E-state index contributed by atoms with van der Waals surface area (Å²) in [5.41, 5.74) is 6.85. The lowest BCUT2D eigenvalue weighted by atomic mass is 9.99. The maximum atomic E-state index is 6.37. The van der Waals surface area contributed by atoms with Gasteiger partial charge in [-0.2, -0.15) is 0 Å². The predicted molar refractivity (Wildman–Crippen MR) is 204 cm³/mol.